The smallest absolute Gasteiger partial charge is 0.218 e. The van der Waals surface area contributed by atoms with Crippen molar-refractivity contribution in [3.05, 3.63) is 57.0 Å². The van der Waals surface area contributed by atoms with Crippen LogP contribution in [0.2, 0.25) is 0 Å². The van der Waals surface area contributed by atoms with E-state index in [0.29, 0.717) is 12.2 Å². The molecule has 1 aliphatic rings. The van der Waals surface area contributed by atoms with Crippen molar-refractivity contribution in [2.24, 2.45) is 0 Å². The molecule has 1 aromatic rings. The molecule has 0 saturated heterocycles. The van der Waals surface area contributed by atoms with Crippen molar-refractivity contribution in [2.45, 2.75) is 27.9 Å². The van der Waals surface area contributed by atoms with Crippen LogP contribution >= 0.6 is 45.2 Å². The zero-order chi connectivity index (χ0) is 19.3. The average molecular weight is 594 g/mol. The van der Waals surface area contributed by atoms with E-state index >= 15 is 0 Å². The maximum Gasteiger partial charge on any atom is 0.435 e. The van der Waals surface area contributed by atoms with Gasteiger partial charge in [0.05, 0.1) is 3.42 Å². The lowest BCUT2D eigenvalue weighted by Gasteiger charge is -2.36. The lowest BCUT2D eigenvalue weighted by molar-refractivity contribution is -0.325. The Kier molecular flexibility index (Phi) is 5.55. The second kappa shape index (κ2) is 6.64. The molecule has 0 aromatic heterocycles. The predicted molar refractivity (Wildman–Crippen MR) is 92.9 cm³/mol. The highest BCUT2D eigenvalue weighted by Crippen LogP contribution is 2.55. The minimum atomic E-state index is -6.21. The molecule has 0 nitrogen and oxygen atoms in total. The molecule has 25 heavy (non-hydrogen) atoms. The van der Waals surface area contributed by atoms with Crippen molar-refractivity contribution in [3.8, 4) is 0 Å². The Morgan fingerprint density at radius 3 is 1.92 bits per heavy atom. The molecule has 138 valence electrons. The van der Waals surface area contributed by atoms with Gasteiger partial charge < -0.3 is 0 Å². The second-order valence-corrected chi connectivity index (χ2v) is 8.67. The normalized spacial score (nSPS) is 22.5. The summed E-state index contributed by atoms with van der Waals surface area (Å²) in [6.45, 7) is 0. The van der Waals surface area contributed by atoms with Crippen molar-refractivity contribution in [1.82, 2.24) is 0 Å². The zero-order valence-electron chi connectivity index (χ0n) is 12.0. The Labute approximate surface area is 164 Å². The Hall–Kier alpha value is -0.400. The van der Waals surface area contributed by atoms with Gasteiger partial charge in [0.15, 0.2) is 0 Å². The fourth-order valence-corrected chi connectivity index (χ4v) is 5.31. The maximum absolute atomic E-state index is 14.4. The highest BCUT2D eigenvalue weighted by atomic mass is 127. The molecule has 0 fully saturated rings. The third-order valence-corrected chi connectivity index (χ3v) is 5.59. The molecule has 10 heteroatoms. The first-order chi connectivity index (χ1) is 11.2. The molecular weight excluding hydrogens is 586 g/mol. The average Bonchev–Trinajstić information content (AvgIpc) is 2.43. The van der Waals surface area contributed by atoms with Gasteiger partial charge in [-0.1, -0.05) is 46.9 Å². The first-order valence-corrected chi connectivity index (χ1v) is 8.74. The standard InChI is InChI=1S/C15H8F8I2/c16-11-4-2-1-3-10(11)12(25)6-8(5-9(24)7-12)13(17,14(18,19)20)15(21,22)23/h1-6H,7H2. The lowest BCUT2D eigenvalue weighted by Crippen LogP contribution is -2.55. The zero-order valence-corrected chi connectivity index (χ0v) is 16.3. The molecule has 0 N–H and O–H groups in total. The van der Waals surface area contributed by atoms with Crippen LogP contribution in [0.3, 0.4) is 0 Å². The van der Waals surface area contributed by atoms with Crippen molar-refractivity contribution < 1.29 is 35.1 Å². The van der Waals surface area contributed by atoms with E-state index in [-0.39, 0.29) is 15.6 Å². The van der Waals surface area contributed by atoms with Gasteiger partial charge in [-0.2, -0.15) is 26.3 Å². The summed E-state index contributed by atoms with van der Waals surface area (Å²) >= 11 is 3.07. The lowest BCUT2D eigenvalue weighted by atomic mass is 9.83. The molecular formula is C15H8F8I2. The van der Waals surface area contributed by atoms with Crippen molar-refractivity contribution in [1.29, 1.82) is 0 Å². The predicted octanol–water partition coefficient (Wildman–Crippen LogP) is 6.94. The Morgan fingerprint density at radius 1 is 0.920 bits per heavy atom. The monoisotopic (exact) mass is 594 g/mol. The third-order valence-electron chi connectivity index (χ3n) is 3.62. The van der Waals surface area contributed by atoms with E-state index in [1.54, 1.807) is 22.6 Å². The van der Waals surface area contributed by atoms with Crippen LogP contribution in [0.1, 0.15) is 12.0 Å². The topological polar surface area (TPSA) is 0 Å². The first kappa shape index (κ1) is 20.9. The van der Waals surface area contributed by atoms with Crippen LogP contribution in [-0.2, 0) is 3.42 Å². The molecule has 0 radical (unpaired) electrons. The van der Waals surface area contributed by atoms with Gasteiger partial charge in [-0.15, -0.1) is 0 Å². The van der Waals surface area contributed by atoms with Gasteiger partial charge >= 0.3 is 18.0 Å². The number of rotatable bonds is 2. The third kappa shape index (κ3) is 3.69. The van der Waals surface area contributed by atoms with Gasteiger partial charge in [0.2, 0.25) is 0 Å². The largest absolute Gasteiger partial charge is 0.435 e. The quantitative estimate of drug-likeness (QED) is 0.198. The summed E-state index contributed by atoms with van der Waals surface area (Å²) in [5.41, 5.74) is -7.26. The molecule has 0 bridgehead atoms. The number of hydrogen-bond donors (Lipinski definition) is 0. The van der Waals surface area contributed by atoms with Gasteiger partial charge in [0.1, 0.15) is 5.82 Å². The van der Waals surface area contributed by atoms with Crippen LogP contribution < -0.4 is 0 Å². The summed E-state index contributed by atoms with van der Waals surface area (Å²) in [7, 11) is 0. The van der Waals surface area contributed by atoms with E-state index in [4.69, 9.17) is 0 Å². The highest BCUT2D eigenvalue weighted by Gasteiger charge is 2.74. The van der Waals surface area contributed by atoms with Gasteiger partial charge in [0.25, 0.3) is 0 Å². The number of benzene rings is 1. The van der Waals surface area contributed by atoms with Crippen LogP contribution in [0.15, 0.2) is 45.6 Å². The van der Waals surface area contributed by atoms with Gasteiger partial charge in [-0.3, -0.25) is 0 Å². The molecule has 0 saturated carbocycles. The Morgan fingerprint density at radius 2 is 1.44 bits per heavy atom. The number of hydrogen-bond acceptors (Lipinski definition) is 0. The van der Waals surface area contributed by atoms with Crippen LogP contribution in [0.5, 0.6) is 0 Å². The van der Waals surface area contributed by atoms with Crippen molar-refractivity contribution >= 4 is 45.2 Å². The van der Waals surface area contributed by atoms with Gasteiger partial charge in [-0.25, -0.2) is 8.78 Å². The van der Waals surface area contributed by atoms with Gasteiger partial charge in [0, 0.05) is 17.6 Å². The summed E-state index contributed by atoms with van der Waals surface area (Å²) in [4.78, 5) is 0. The maximum atomic E-state index is 14.4. The first-order valence-electron chi connectivity index (χ1n) is 6.58. The van der Waals surface area contributed by atoms with E-state index in [2.05, 4.69) is 0 Å². The summed E-state index contributed by atoms with van der Waals surface area (Å²) < 4.78 is 105. The molecule has 1 atom stereocenters. The van der Waals surface area contributed by atoms with Crippen LogP contribution in [-0.4, -0.2) is 18.0 Å². The molecule has 0 aliphatic heterocycles. The number of alkyl halides is 8. The number of allylic oxidation sites excluding steroid dienone is 4. The molecule has 1 aliphatic carbocycles. The van der Waals surface area contributed by atoms with E-state index in [0.717, 1.165) is 6.07 Å². The summed E-state index contributed by atoms with van der Waals surface area (Å²) in [6, 6.07) is 5.00. The fourth-order valence-electron chi connectivity index (χ4n) is 2.46. The molecule has 1 unspecified atom stereocenters. The summed E-state index contributed by atoms with van der Waals surface area (Å²) in [5.74, 6) is -0.804. The fraction of sp³-hybridized carbons (Fsp3) is 0.333. The summed E-state index contributed by atoms with van der Waals surface area (Å²) in [5, 5.41) is 0. The van der Waals surface area contributed by atoms with E-state index in [1.807, 2.05) is 0 Å². The SMILES string of the molecule is Fc1ccccc1C1(I)C=C(C(F)(C(F)(F)F)C(F)(F)F)C=C(I)C1. The molecule has 0 amide bonds. The van der Waals surface area contributed by atoms with Crippen LogP contribution in [0, 0.1) is 5.82 Å². The molecule has 0 heterocycles. The van der Waals surface area contributed by atoms with Crippen LogP contribution in [0.4, 0.5) is 35.1 Å². The molecule has 1 aromatic carbocycles. The van der Waals surface area contributed by atoms with Crippen LogP contribution in [0.25, 0.3) is 0 Å². The van der Waals surface area contributed by atoms with E-state index in [9.17, 15) is 35.1 Å². The minimum Gasteiger partial charge on any atom is -0.218 e. The minimum absolute atomic E-state index is 0.0447. The van der Waals surface area contributed by atoms with Crippen molar-refractivity contribution in [3.63, 3.8) is 0 Å². The van der Waals surface area contributed by atoms with E-state index in [1.165, 1.54) is 40.8 Å². The highest BCUT2D eigenvalue weighted by molar-refractivity contribution is 14.1. The summed E-state index contributed by atoms with van der Waals surface area (Å²) in [6.07, 6.45) is -11.5. The molecule has 2 rings (SSSR count). The Bertz CT molecular complexity index is 718. The Balaban J connectivity index is 2.71. The molecule has 0 spiro atoms. The van der Waals surface area contributed by atoms with Gasteiger partial charge in [-0.05, 0) is 38.3 Å². The van der Waals surface area contributed by atoms with E-state index < -0.39 is 32.8 Å². The second-order valence-electron chi connectivity index (χ2n) is 5.36. The van der Waals surface area contributed by atoms with Crippen molar-refractivity contribution in [2.75, 3.05) is 0 Å². The number of halogens is 10.